The molecular formula is C22H39N3O4. The maximum absolute atomic E-state index is 12.4. The zero-order valence-electron chi connectivity index (χ0n) is 18.1. The fraction of sp³-hybridized carbons (Fsp3) is 0.909. The molecule has 3 rings (SSSR count). The molecule has 0 spiro atoms. The molecular weight excluding hydrogens is 370 g/mol. The summed E-state index contributed by atoms with van der Waals surface area (Å²) < 4.78 is 11.0. The van der Waals surface area contributed by atoms with Gasteiger partial charge in [-0.2, -0.15) is 0 Å². The highest BCUT2D eigenvalue weighted by Crippen LogP contribution is 2.26. The van der Waals surface area contributed by atoms with Crippen molar-refractivity contribution in [2.75, 3.05) is 7.11 Å². The van der Waals surface area contributed by atoms with Crippen LogP contribution >= 0.6 is 0 Å². The zero-order chi connectivity index (χ0) is 20.6. The molecule has 166 valence electrons. The Balaban J connectivity index is 1.39. The van der Waals surface area contributed by atoms with E-state index in [1.165, 1.54) is 19.3 Å². The Kier molecular flexibility index (Phi) is 8.45. The number of hydrogen-bond donors (Lipinski definition) is 3. The van der Waals surface area contributed by atoms with Gasteiger partial charge in [-0.05, 0) is 63.7 Å². The average Bonchev–Trinajstić information content (AvgIpc) is 2.71. The second-order valence-electron chi connectivity index (χ2n) is 9.23. The number of carbonyl (C=O) groups is 2. The number of hydrogen-bond acceptors (Lipinski definition) is 4. The molecule has 3 amide bonds. The number of carbonyl (C=O) groups excluding carboxylic acids is 2. The third-order valence-electron chi connectivity index (χ3n) is 7.00. The molecule has 3 fully saturated rings. The van der Waals surface area contributed by atoms with E-state index in [2.05, 4.69) is 22.9 Å². The van der Waals surface area contributed by atoms with Crippen LogP contribution in [0.15, 0.2) is 0 Å². The van der Waals surface area contributed by atoms with Gasteiger partial charge in [0.05, 0.1) is 6.10 Å². The number of amides is 3. The molecule has 0 aromatic heterocycles. The van der Waals surface area contributed by atoms with Gasteiger partial charge in [0.15, 0.2) is 0 Å². The van der Waals surface area contributed by atoms with Crippen molar-refractivity contribution >= 4 is 12.1 Å². The number of ether oxygens (including phenoxy) is 2. The molecule has 0 bridgehead atoms. The van der Waals surface area contributed by atoms with Crippen molar-refractivity contribution in [2.24, 2.45) is 5.92 Å². The minimum Gasteiger partial charge on any atom is -0.446 e. The SMILES string of the molecule is COC1CCC(OC(=O)NC2CC(NC(=O)NC3CCCCC3)CCC2C)CC1. The van der Waals surface area contributed by atoms with Crippen LogP contribution in [0.25, 0.3) is 0 Å². The lowest BCUT2D eigenvalue weighted by atomic mass is 9.83. The van der Waals surface area contributed by atoms with Crippen molar-refractivity contribution in [3.63, 3.8) is 0 Å². The van der Waals surface area contributed by atoms with Gasteiger partial charge in [-0.3, -0.25) is 0 Å². The molecule has 0 radical (unpaired) electrons. The Bertz CT molecular complexity index is 530. The predicted molar refractivity (Wildman–Crippen MR) is 112 cm³/mol. The Labute approximate surface area is 175 Å². The second-order valence-corrected chi connectivity index (χ2v) is 9.23. The Morgan fingerprint density at radius 3 is 2.10 bits per heavy atom. The van der Waals surface area contributed by atoms with Crippen LogP contribution in [0, 0.1) is 5.92 Å². The highest BCUT2D eigenvalue weighted by molar-refractivity contribution is 5.74. The van der Waals surface area contributed by atoms with Gasteiger partial charge in [0, 0.05) is 25.2 Å². The summed E-state index contributed by atoms with van der Waals surface area (Å²) in [7, 11) is 1.74. The number of methoxy groups -OCH3 is 1. The summed E-state index contributed by atoms with van der Waals surface area (Å²) in [4.78, 5) is 24.8. The summed E-state index contributed by atoms with van der Waals surface area (Å²) in [5.74, 6) is 0.381. The molecule has 3 aliphatic rings. The maximum Gasteiger partial charge on any atom is 0.407 e. The lowest BCUT2D eigenvalue weighted by molar-refractivity contribution is 0.0115. The van der Waals surface area contributed by atoms with Crippen molar-refractivity contribution in [1.29, 1.82) is 0 Å². The van der Waals surface area contributed by atoms with E-state index in [0.717, 1.165) is 57.8 Å². The maximum atomic E-state index is 12.4. The summed E-state index contributed by atoms with van der Waals surface area (Å²) in [5, 5.41) is 9.31. The normalized spacial score (nSPS) is 33.5. The van der Waals surface area contributed by atoms with Crippen molar-refractivity contribution in [2.45, 2.75) is 114 Å². The lowest BCUT2D eigenvalue weighted by Crippen LogP contribution is -2.52. The number of urea groups is 1. The van der Waals surface area contributed by atoms with Crippen molar-refractivity contribution in [3.8, 4) is 0 Å². The van der Waals surface area contributed by atoms with Crippen LogP contribution in [-0.2, 0) is 9.47 Å². The van der Waals surface area contributed by atoms with Crippen molar-refractivity contribution in [1.82, 2.24) is 16.0 Å². The minimum atomic E-state index is -0.324. The summed E-state index contributed by atoms with van der Waals surface area (Å²) in [6.45, 7) is 2.16. The van der Waals surface area contributed by atoms with Crippen LogP contribution in [0.1, 0.15) is 84.0 Å². The summed E-state index contributed by atoms with van der Waals surface area (Å²) in [6, 6.07) is 0.375. The van der Waals surface area contributed by atoms with Gasteiger partial charge in [0.1, 0.15) is 6.10 Å². The Hall–Kier alpha value is -1.50. The van der Waals surface area contributed by atoms with Crippen molar-refractivity contribution in [3.05, 3.63) is 0 Å². The van der Waals surface area contributed by atoms with Gasteiger partial charge in [-0.15, -0.1) is 0 Å². The first-order chi connectivity index (χ1) is 14.0. The zero-order valence-corrected chi connectivity index (χ0v) is 18.1. The lowest BCUT2D eigenvalue weighted by Gasteiger charge is -2.36. The van der Waals surface area contributed by atoms with Crippen LogP contribution in [-0.4, -0.2) is 49.6 Å². The van der Waals surface area contributed by atoms with E-state index in [1.807, 2.05) is 0 Å². The van der Waals surface area contributed by atoms with Gasteiger partial charge in [-0.25, -0.2) is 9.59 Å². The molecule has 29 heavy (non-hydrogen) atoms. The number of rotatable bonds is 5. The first kappa shape index (κ1) is 22.2. The third kappa shape index (κ3) is 7.05. The number of alkyl carbamates (subject to hydrolysis) is 1. The standard InChI is InChI=1S/C22H39N3O4/c1-15-8-9-17(24-21(26)23-16-6-4-3-5-7-16)14-20(15)25-22(27)29-19-12-10-18(28-2)11-13-19/h15-20H,3-14H2,1-2H3,(H,25,27)(H2,23,24,26). The monoisotopic (exact) mass is 409 g/mol. The second kappa shape index (κ2) is 11.0. The first-order valence-electron chi connectivity index (χ1n) is 11.6. The van der Waals surface area contributed by atoms with E-state index in [-0.39, 0.29) is 30.3 Å². The van der Waals surface area contributed by atoms with Crippen LogP contribution in [0.5, 0.6) is 0 Å². The van der Waals surface area contributed by atoms with Gasteiger partial charge < -0.3 is 25.4 Å². The average molecular weight is 410 g/mol. The molecule has 7 nitrogen and oxygen atoms in total. The van der Waals surface area contributed by atoms with E-state index in [9.17, 15) is 9.59 Å². The quantitative estimate of drug-likeness (QED) is 0.643. The molecule has 0 heterocycles. The molecule has 3 unspecified atom stereocenters. The Morgan fingerprint density at radius 2 is 1.41 bits per heavy atom. The van der Waals surface area contributed by atoms with E-state index in [1.54, 1.807) is 7.11 Å². The van der Waals surface area contributed by atoms with Crippen LogP contribution in [0.2, 0.25) is 0 Å². The fourth-order valence-corrected chi connectivity index (χ4v) is 5.04. The van der Waals surface area contributed by atoms with Crippen molar-refractivity contribution < 1.29 is 19.1 Å². The molecule has 7 heteroatoms. The molecule has 3 N–H and O–H groups in total. The smallest absolute Gasteiger partial charge is 0.407 e. The molecule has 3 saturated carbocycles. The molecule has 0 aliphatic heterocycles. The van der Waals surface area contributed by atoms with Crippen LogP contribution < -0.4 is 16.0 Å². The van der Waals surface area contributed by atoms with E-state index >= 15 is 0 Å². The molecule has 0 aromatic carbocycles. The van der Waals surface area contributed by atoms with Gasteiger partial charge in [-0.1, -0.05) is 26.2 Å². The van der Waals surface area contributed by atoms with Gasteiger partial charge in [0.2, 0.25) is 0 Å². The summed E-state index contributed by atoms with van der Waals surface area (Å²) in [5.41, 5.74) is 0. The van der Waals surface area contributed by atoms with E-state index in [4.69, 9.17) is 9.47 Å². The highest BCUT2D eigenvalue weighted by Gasteiger charge is 2.31. The van der Waals surface area contributed by atoms with Crippen LogP contribution in [0.3, 0.4) is 0 Å². The fourth-order valence-electron chi connectivity index (χ4n) is 5.04. The van der Waals surface area contributed by atoms with Gasteiger partial charge >= 0.3 is 12.1 Å². The first-order valence-corrected chi connectivity index (χ1v) is 11.6. The van der Waals surface area contributed by atoms with Gasteiger partial charge in [0.25, 0.3) is 0 Å². The largest absolute Gasteiger partial charge is 0.446 e. The Morgan fingerprint density at radius 1 is 0.759 bits per heavy atom. The highest BCUT2D eigenvalue weighted by atomic mass is 16.6. The molecule has 3 aliphatic carbocycles. The van der Waals surface area contributed by atoms with Crippen LogP contribution in [0.4, 0.5) is 9.59 Å². The topological polar surface area (TPSA) is 88.7 Å². The molecule has 3 atom stereocenters. The minimum absolute atomic E-state index is 0.0181. The van der Waals surface area contributed by atoms with E-state index in [0.29, 0.717) is 18.1 Å². The van der Waals surface area contributed by atoms with E-state index < -0.39 is 0 Å². The number of nitrogens with one attached hydrogen (secondary N) is 3. The predicted octanol–water partition coefficient (Wildman–Crippen LogP) is 3.86. The molecule has 0 saturated heterocycles. The molecule has 0 aromatic rings. The summed E-state index contributed by atoms with van der Waals surface area (Å²) >= 11 is 0. The summed E-state index contributed by atoms with van der Waals surface area (Å²) in [6.07, 6.45) is 12.1. The third-order valence-corrected chi connectivity index (χ3v) is 7.00.